The molecule has 0 unspecified atom stereocenters. The van der Waals surface area contributed by atoms with Gasteiger partial charge in [-0.25, -0.2) is 13.2 Å². The zero-order chi connectivity index (χ0) is 16.3. The fourth-order valence-electron chi connectivity index (χ4n) is 1.57. The summed E-state index contributed by atoms with van der Waals surface area (Å²) in [6, 6.07) is 9.62. The Hall–Kier alpha value is -1.96. The maximum atomic E-state index is 12.2. The van der Waals surface area contributed by atoms with Gasteiger partial charge in [-0.1, -0.05) is 23.2 Å². The van der Waals surface area contributed by atoms with Crippen molar-refractivity contribution in [2.45, 2.75) is 4.90 Å². The van der Waals surface area contributed by atoms with Gasteiger partial charge in [0, 0.05) is 5.69 Å². The van der Waals surface area contributed by atoms with Crippen LogP contribution in [0.25, 0.3) is 0 Å². The fraction of sp³-hybridized carbons (Fsp3) is 0. The number of anilines is 1. The Morgan fingerprint density at radius 1 is 1.05 bits per heavy atom. The van der Waals surface area contributed by atoms with Crippen LogP contribution in [0.1, 0.15) is 0 Å². The summed E-state index contributed by atoms with van der Waals surface area (Å²) in [5, 5.41) is 0.392. The number of hydrogen-bond donors (Lipinski definition) is 2. The van der Waals surface area contributed by atoms with Crippen molar-refractivity contribution in [3.63, 3.8) is 0 Å². The summed E-state index contributed by atoms with van der Waals surface area (Å²) in [6.45, 7) is 0. The van der Waals surface area contributed by atoms with Gasteiger partial charge in [-0.05, 0) is 42.5 Å². The van der Waals surface area contributed by atoms with Gasteiger partial charge >= 0.3 is 6.09 Å². The molecule has 9 heteroatoms. The first-order valence-electron chi connectivity index (χ1n) is 5.83. The lowest BCUT2D eigenvalue weighted by molar-refractivity contribution is 0.211. The smallest absolute Gasteiger partial charge is 0.409 e. The van der Waals surface area contributed by atoms with Gasteiger partial charge in [0.05, 0.1) is 14.9 Å². The van der Waals surface area contributed by atoms with Gasteiger partial charge in [0.2, 0.25) is 0 Å². The summed E-state index contributed by atoms with van der Waals surface area (Å²) in [5.41, 5.74) is 5.15. The van der Waals surface area contributed by atoms with E-state index in [2.05, 4.69) is 9.46 Å². The van der Waals surface area contributed by atoms with Gasteiger partial charge in [0.1, 0.15) is 5.75 Å². The van der Waals surface area contributed by atoms with Gasteiger partial charge in [-0.3, -0.25) is 4.72 Å². The van der Waals surface area contributed by atoms with Crippen molar-refractivity contribution in [1.29, 1.82) is 0 Å². The quantitative estimate of drug-likeness (QED) is 0.873. The molecule has 0 aromatic heterocycles. The summed E-state index contributed by atoms with van der Waals surface area (Å²) in [6.07, 6.45) is -0.955. The Balaban J connectivity index is 2.21. The molecule has 2 aromatic carbocycles. The average molecular weight is 361 g/mol. The van der Waals surface area contributed by atoms with Crippen molar-refractivity contribution in [1.82, 2.24) is 0 Å². The van der Waals surface area contributed by atoms with E-state index in [1.165, 1.54) is 42.5 Å². The maximum Gasteiger partial charge on any atom is 0.409 e. The number of ether oxygens (including phenoxy) is 1. The Morgan fingerprint density at radius 3 is 2.23 bits per heavy atom. The lowest BCUT2D eigenvalue weighted by Gasteiger charge is -2.09. The zero-order valence-electron chi connectivity index (χ0n) is 10.9. The van der Waals surface area contributed by atoms with Crippen LogP contribution in [0.4, 0.5) is 10.5 Å². The van der Waals surface area contributed by atoms with Crippen LogP contribution in [0.2, 0.25) is 10.0 Å². The van der Waals surface area contributed by atoms with Crippen molar-refractivity contribution < 1.29 is 17.9 Å². The molecule has 0 saturated heterocycles. The predicted molar refractivity (Wildman–Crippen MR) is 83.9 cm³/mol. The van der Waals surface area contributed by atoms with Crippen molar-refractivity contribution in [2.24, 2.45) is 5.73 Å². The number of carbonyl (C=O) groups excluding carboxylic acids is 1. The van der Waals surface area contributed by atoms with Gasteiger partial charge in [0.15, 0.2) is 0 Å². The van der Waals surface area contributed by atoms with Crippen molar-refractivity contribution in [3.8, 4) is 5.75 Å². The molecule has 0 atom stereocenters. The zero-order valence-corrected chi connectivity index (χ0v) is 13.2. The number of carbonyl (C=O) groups is 1. The van der Waals surface area contributed by atoms with Gasteiger partial charge in [-0.2, -0.15) is 0 Å². The molecular formula is C13H10Cl2N2O4S. The van der Waals surface area contributed by atoms with E-state index in [-0.39, 0.29) is 26.4 Å². The summed E-state index contributed by atoms with van der Waals surface area (Å²) in [7, 11) is -3.81. The third-order valence-electron chi connectivity index (χ3n) is 2.53. The number of nitrogens with two attached hydrogens (primary N) is 1. The first kappa shape index (κ1) is 16.4. The number of sulfonamides is 1. The average Bonchev–Trinajstić information content (AvgIpc) is 2.43. The topological polar surface area (TPSA) is 98.5 Å². The highest BCUT2D eigenvalue weighted by Gasteiger charge is 2.15. The number of primary amides is 1. The van der Waals surface area contributed by atoms with E-state index < -0.39 is 16.1 Å². The number of nitrogens with one attached hydrogen (secondary N) is 1. The molecule has 6 nitrogen and oxygen atoms in total. The van der Waals surface area contributed by atoms with Crippen LogP contribution in [-0.2, 0) is 10.0 Å². The van der Waals surface area contributed by atoms with Crippen LogP contribution in [0, 0.1) is 0 Å². The first-order chi connectivity index (χ1) is 10.3. The minimum Gasteiger partial charge on any atom is -0.411 e. The largest absolute Gasteiger partial charge is 0.411 e. The van der Waals surface area contributed by atoms with Gasteiger partial charge in [-0.15, -0.1) is 0 Å². The monoisotopic (exact) mass is 360 g/mol. The second-order valence-corrected chi connectivity index (χ2v) is 6.62. The van der Waals surface area contributed by atoms with Crippen molar-refractivity contribution in [3.05, 3.63) is 52.5 Å². The maximum absolute atomic E-state index is 12.2. The van der Waals surface area contributed by atoms with Crippen LogP contribution < -0.4 is 15.2 Å². The highest BCUT2D eigenvalue weighted by molar-refractivity contribution is 7.92. The highest BCUT2D eigenvalue weighted by Crippen LogP contribution is 2.26. The van der Waals surface area contributed by atoms with E-state index in [1.807, 2.05) is 0 Å². The molecule has 0 bridgehead atoms. The second kappa shape index (κ2) is 6.43. The molecule has 0 fully saturated rings. The Bertz CT molecular complexity index is 807. The summed E-state index contributed by atoms with van der Waals surface area (Å²) >= 11 is 11.6. The molecule has 1 amide bonds. The molecule has 22 heavy (non-hydrogen) atoms. The Kier molecular flexibility index (Phi) is 4.80. The third kappa shape index (κ3) is 4.03. The minimum absolute atomic E-state index is 0.0284. The van der Waals surface area contributed by atoms with E-state index in [1.54, 1.807) is 0 Å². The van der Waals surface area contributed by atoms with E-state index in [9.17, 15) is 13.2 Å². The van der Waals surface area contributed by atoms with E-state index in [0.717, 1.165) is 0 Å². The van der Waals surface area contributed by atoms with Crippen LogP contribution in [0.15, 0.2) is 47.4 Å². The SMILES string of the molecule is NC(=O)Oc1ccc(NS(=O)(=O)c2ccc(Cl)c(Cl)c2)cc1. The van der Waals surface area contributed by atoms with Crippen molar-refractivity contribution in [2.75, 3.05) is 4.72 Å². The second-order valence-electron chi connectivity index (χ2n) is 4.13. The lowest BCUT2D eigenvalue weighted by Crippen LogP contribution is -2.16. The number of halogens is 2. The van der Waals surface area contributed by atoms with Crippen LogP contribution in [0.3, 0.4) is 0 Å². The molecule has 3 N–H and O–H groups in total. The molecular weight excluding hydrogens is 351 g/mol. The molecule has 0 saturated carbocycles. The first-order valence-corrected chi connectivity index (χ1v) is 8.07. The lowest BCUT2D eigenvalue weighted by atomic mass is 10.3. The normalized spacial score (nSPS) is 11.0. The molecule has 2 aromatic rings. The van der Waals surface area contributed by atoms with Crippen LogP contribution in [0.5, 0.6) is 5.75 Å². The van der Waals surface area contributed by atoms with E-state index in [0.29, 0.717) is 0 Å². The third-order valence-corrected chi connectivity index (χ3v) is 4.64. The molecule has 2 rings (SSSR count). The Labute approximate surface area is 136 Å². The molecule has 0 aliphatic rings. The number of amides is 1. The summed E-state index contributed by atoms with van der Waals surface area (Å²) in [4.78, 5) is 10.6. The summed E-state index contributed by atoms with van der Waals surface area (Å²) < 4.78 is 31.4. The standard InChI is InChI=1S/C13H10Cl2N2O4S/c14-11-6-5-10(7-12(11)15)22(19,20)17-8-1-3-9(4-2-8)21-13(16)18/h1-7,17H,(H2,16,18). The number of rotatable bonds is 4. The van der Waals surface area contributed by atoms with Crippen molar-refractivity contribution >= 4 is 45.0 Å². The Morgan fingerprint density at radius 2 is 1.68 bits per heavy atom. The minimum atomic E-state index is -3.81. The number of hydrogen-bond acceptors (Lipinski definition) is 4. The molecule has 116 valence electrons. The van der Waals surface area contributed by atoms with Crippen LogP contribution >= 0.6 is 23.2 Å². The molecule has 0 radical (unpaired) electrons. The molecule has 0 aliphatic carbocycles. The fourth-order valence-corrected chi connectivity index (χ4v) is 3.01. The predicted octanol–water partition coefficient (Wildman–Crippen LogP) is 3.25. The van der Waals surface area contributed by atoms with E-state index >= 15 is 0 Å². The molecule has 0 aliphatic heterocycles. The van der Waals surface area contributed by atoms with Crippen LogP contribution in [-0.4, -0.2) is 14.5 Å². The summed E-state index contributed by atoms with van der Waals surface area (Å²) in [5.74, 6) is 0.199. The van der Waals surface area contributed by atoms with E-state index in [4.69, 9.17) is 28.9 Å². The van der Waals surface area contributed by atoms with Gasteiger partial charge in [0.25, 0.3) is 10.0 Å². The highest BCUT2D eigenvalue weighted by atomic mass is 35.5. The molecule has 0 heterocycles. The molecule has 0 spiro atoms. The number of benzene rings is 2. The van der Waals surface area contributed by atoms with Gasteiger partial charge < -0.3 is 10.5 Å².